The Morgan fingerprint density at radius 3 is 2.22 bits per heavy atom. The van der Waals surface area contributed by atoms with Crippen LogP contribution in [-0.2, 0) is 4.74 Å². The molecule has 0 bridgehead atoms. The van der Waals surface area contributed by atoms with Crippen molar-refractivity contribution in [2.24, 2.45) is 0 Å². The molecule has 0 radical (unpaired) electrons. The fraction of sp³-hybridized carbons (Fsp3) is 0.0588. The number of halogens is 3. The highest BCUT2D eigenvalue weighted by Crippen LogP contribution is 2.33. The molecule has 0 spiro atoms. The largest absolute Gasteiger partial charge is 0.465 e. The van der Waals surface area contributed by atoms with Gasteiger partial charge in [-0.3, -0.25) is 4.79 Å². The molecule has 0 saturated heterocycles. The molecule has 3 nitrogen and oxygen atoms in total. The normalized spacial score (nSPS) is 10.8. The Hall–Kier alpha value is -1.81. The van der Waals surface area contributed by atoms with Crippen LogP contribution in [0.3, 0.4) is 0 Å². The van der Waals surface area contributed by atoms with Crippen LogP contribution >= 0.6 is 34.8 Å². The molecule has 0 aliphatic rings. The number of hydrogen-bond donors (Lipinski definition) is 0. The number of carbonyl (C=O) groups is 2. The maximum Gasteiger partial charge on any atom is 0.337 e. The van der Waals surface area contributed by atoms with Gasteiger partial charge in [0.05, 0.1) is 27.7 Å². The van der Waals surface area contributed by atoms with Crippen molar-refractivity contribution in [1.82, 2.24) is 0 Å². The zero-order valence-electron chi connectivity index (χ0n) is 12.0. The summed E-state index contributed by atoms with van der Waals surface area (Å²) in [6, 6.07) is 9.66. The number of ketones is 1. The minimum absolute atomic E-state index is 0.120. The van der Waals surface area contributed by atoms with Gasteiger partial charge < -0.3 is 4.74 Å². The summed E-state index contributed by atoms with van der Waals surface area (Å²) in [6.07, 6.45) is 2.99. The molecule has 118 valence electrons. The molecule has 0 N–H and O–H groups in total. The predicted molar refractivity (Wildman–Crippen MR) is 92.6 cm³/mol. The number of carbonyl (C=O) groups excluding carboxylic acids is 2. The van der Waals surface area contributed by atoms with E-state index in [-0.39, 0.29) is 26.4 Å². The molecule has 0 fully saturated rings. The smallest absolute Gasteiger partial charge is 0.337 e. The molecular formula is C17H11Cl3O3. The number of ether oxygens (including phenoxy) is 1. The van der Waals surface area contributed by atoms with Crippen molar-refractivity contribution in [3.05, 3.63) is 74.2 Å². The second-order valence-electron chi connectivity index (χ2n) is 4.53. The monoisotopic (exact) mass is 368 g/mol. The van der Waals surface area contributed by atoms with Crippen LogP contribution in [0.15, 0.2) is 42.5 Å². The Labute approximate surface area is 148 Å². The van der Waals surface area contributed by atoms with E-state index in [4.69, 9.17) is 34.8 Å². The first kappa shape index (κ1) is 17.5. The van der Waals surface area contributed by atoms with Gasteiger partial charge in [-0.15, -0.1) is 0 Å². The van der Waals surface area contributed by atoms with Gasteiger partial charge in [-0.05, 0) is 35.9 Å². The standard InChI is InChI=1S/C17H11Cl3O3/c1-23-17(22)11-5-2-10(3-6-11)4-9-14(21)12-7-8-13(18)16(20)15(12)19/h2-9H,1H3. The van der Waals surface area contributed by atoms with E-state index in [1.165, 1.54) is 25.3 Å². The molecule has 0 unspecified atom stereocenters. The van der Waals surface area contributed by atoms with Crippen LogP contribution in [0.1, 0.15) is 26.3 Å². The molecule has 0 heterocycles. The molecule has 0 aliphatic heterocycles. The molecule has 0 saturated carbocycles. The third kappa shape index (κ3) is 4.14. The fourth-order valence-electron chi connectivity index (χ4n) is 1.83. The van der Waals surface area contributed by atoms with E-state index in [0.717, 1.165) is 5.56 Å². The van der Waals surface area contributed by atoms with Crippen LogP contribution in [-0.4, -0.2) is 18.9 Å². The van der Waals surface area contributed by atoms with Gasteiger partial charge in [-0.1, -0.05) is 53.0 Å². The van der Waals surface area contributed by atoms with Crippen LogP contribution in [0, 0.1) is 0 Å². The summed E-state index contributed by atoms with van der Waals surface area (Å²) < 4.78 is 4.62. The third-order valence-electron chi connectivity index (χ3n) is 3.06. The van der Waals surface area contributed by atoms with Crippen molar-refractivity contribution in [3.8, 4) is 0 Å². The molecule has 2 rings (SSSR count). The molecule has 6 heteroatoms. The van der Waals surface area contributed by atoms with Crippen molar-refractivity contribution in [2.45, 2.75) is 0 Å². The summed E-state index contributed by atoms with van der Waals surface area (Å²) in [5.41, 5.74) is 1.45. The predicted octanol–water partition coefficient (Wildman–Crippen LogP) is 5.33. The van der Waals surface area contributed by atoms with Crippen molar-refractivity contribution in [3.63, 3.8) is 0 Å². The van der Waals surface area contributed by atoms with Crippen molar-refractivity contribution < 1.29 is 14.3 Å². The van der Waals surface area contributed by atoms with Gasteiger partial charge in [-0.2, -0.15) is 0 Å². The zero-order chi connectivity index (χ0) is 17.0. The minimum atomic E-state index is -0.417. The lowest BCUT2D eigenvalue weighted by Gasteiger charge is -2.04. The first-order valence-electron chi connectivity index (χ1n) is 6.48. The molecule has 0 aromatic heterocycles. The van der Waals surface area contributed by atoms with Crippen LogP contribution in [0.5, 0.6) is 0 Å². The first-order valence-corrected chi connectivity index (χ1v) is 7.61. The topological polar surface area (TPSA) is 43.4 Å². The lowest BCUT2D eigenvalue weighted by atomic mass is 10.1. The van der Waals surface area contributed by atoms with Crippen LogP contribution in [0.25, 0.3) is 6.08 Å². The molecule has 0 atom stereocenters. The summed E-state index contributed by atoms with van der Waals surface area (Å²) in [7, 11) is 1.32. The van der Waals surface area contributed by atoms with E-state index in [0.29, 0.717) is 5.56 Å². The van der Waals surface area contributed by atoms with Crippen LogP contribution < -0.4 is 0 Å². The van der Waals surface area contributed by atoms with Gasteiger partial charge in [0.15, 0.2) is 5.78 Å². The van der Waals surface area contributed by atoms with Gasteiger partial charge in [0, 0.05) is 5.56 Å². The quantitative estimate of drug-likeness (QED) is 0.317. The maximum atomic E-state index is 12.2. The van der Waals surface area contributed by atoms with E-state index in [9.17, 15) is 9.59 Å². The van der Waals surface area contributed by atoms with Gasteiger partial charge >= 0.3 is 5.97 Å². The van der Waals surface area contributed by atoms with Crippen LogP contribution in [0.2, 0.25) is 15.1 Å². The highest BCUT2D eigenvalue weighted by Gasteiger charge is 2.13. The highest BCUT2D eigenvalue weighted by molar-refractivity contribution is 6.49. The summed E-state index contributed by atoms with van der Waals surface area (Å²) in [5.74, 6) is -0.718. The van der Waals surface area contributed by atoms with Crippen LogP contribution in [0.4, 0.5) is 0 Å². The Balaban J connectivity index is 2.18. The van der Waals surface area contributed by atoms with E-state index in [1.54, 1.807) is 30.3 Å². The second-order valence-corrected chi connectivity index (χ2v) is 5.70. The fourth-order valence-corrected chi connectivity index (χ4v) is 2.45. The summed E-state index contributed by atoms with van der Waals surface area (Å²) in [4.78, 5) is 23.5. The van der Waals surface area contributed by atoms with E-state index >= 15 is 0 Å². The molecule has 2 aromatic carbocycles. The lowest BCUT2D eigenvalue weighted by molar-refractivity contribution is 0.0600. The number of hydrogen-bond acceptors (Lipinski definition) is 3. The van der Waals surface area contributed by atoms with Crippen molar-refractivity contribution in [2.75, 3.05) is 7.11 Å². The Morgan fingerprint density at radius 2 is 1.61 bits per heavy atom. The average Bonchev–Trinajstić information content (AvgIpc) is 2.57. The number of benzene rings is 2. The van der Waals surface area contributed by atoms with Crippen molar-refractivity contribution in [1.29, 1.82) is 0 Å². The maximum absolute atomic E-state index is 12.2. The Morgan fingerprint density at radius 1 is 0.957 bits per heavy atom. The van der Waals surface area contributed by atoms with Crippen molar-refractivity contribution >= 4 is 52.6 Å². The Kier molecular flexibility index (Phi) is 5.83. The minimum Gasteiger partial charge on any atom is -0.465 e. The Bertz CT molecular complexity index is 780. The number of esters is 1. The van der Waals surface area contributed by atoms with Gasteiger partial charge in [0.25, 0.3) is 0 Å². The van der Waals surface area contributed by atoms with E-state index in [1.807, 2.05) is 0 Å². The molecular weight excluding hydrogens is 359 g/mol. The van der Waals surface area contributed by atoms with Gasteiger partial charge in [0.2, 0.25) is 0 Å². The molecule has 0 amide bonds. The summed E-state index contributed by atoms with van der Waals surface area (Å²) in [5, 5.41) is 0.556. The molecule has 2 aromatic rings. The number of rotatable bonds is 4. The number of methoxy groups -OCH3 is 1. The summed E-state index contributed by atoms with van der Waals surface area (Å²) in [6.45, 7) is 0. The van der Waals surface area contributed by atoms with E-state index < -0.39 is 5.97 Å². The molecule has 0 aliphatic carbocycles. The molecule has 23 heavy (non-hydrogen) atoms. The van der Waals surface area contributed by atoms with E-state index in [2.05, 4.69) is 4.74 Å². The average molecular weight is 370 g/mol. The highest BCUT2D eigenvalue weighted by atomic mass is 35.5. The third-order valence-corrected chi connectivity index (χ3v) is 4.35. The first-order chi connectivity index (χ1) is 10.9. The van der Waals surface area contributed by atoms with Gasteiger partial charge in [-0.25, -0.2) is 4.79 Å². The zero-order valence-corrected chi connectivity index (χ0v) is 14.2. The SMILES string of the molecule is COC(=O)c1ccc(C=CC(=O)c2ccc(Cl)c(Cl)c2Cl)cc1. The summed E-state index contributed by atoms with van der Waals surface area (Å²) >= 11 is 17.8. The lowest BCUT2D eigenvalue weighted by Crippen LogP contribution is -2.00. The second kappa shape index (κ2) is 7.64. The van der Waals surface area contributed by atoms with Gasteiger partial charge in [0.1, 0.15) is 0 Å². The number of allylic oxidation sites excluding steroid dienone is 1.